The Morgan fingerprint density at radius 3 is 2.40 bits per heavy atom. The first-order valence-electron chi connectivity index (χ1n) is 10.2. The molecule has 3 aromatic rings. The molecule has 0 radical (unpaired) electrons. The molecule has 0 unspecified atom stereocenters. The lowest BCUT2D eigenvalue weighted by Gasteiger charge is -2.37. The molecular formula is C25H26N2O3. The van der Waals surface area contributed by atoms with E-state index in [1.807, 2.05) is 72.9 Å². The first kappa shape index (κ1) is 20.1. The van der Waals surface area contributed by atoms with E-state index in [4.69, 9.17) is 9.47 Å². The van der Waals surface area contributed by atoms with E-state index in [1.54, 1.807) is 0 Å². The smallest absolute Gasteiger partial charge is 0.226 e. The third kappa shape index (κ3) is 5.24. The van der Waals surface area contributed by atoms with Crippen LogP contribution in [0.15, 0.2) is 72.9 Å². The fourth-order valence-corrected chi connectivity index (χ4v) is 3.26. The molecule has 1 fully saturated rings. The van der Waals surface area contributed by atoms with Crippen molar-refractivity contribution in [3.05, 3.63) is 84.2 Å². The summed E-state index contributed by atoms with van der Waals surface area (Å²) in [5.74, 6) is 0.817. The lowest BCUT2D eigenvalue weighted by Crippen LogP contribution is -2.44. The number of nitrogens with one attached hydrogen (secondary N) is 1. The average molecular weight is 402 g/mol. The molecule has 1 aliphatic heterocycles. The molecule has 1 amide bonds. The summed E-state index contributed by atoms with van der Waals surface area (Å²) >= 11 is 0. The van der Waals surface area contributed by atoms with Crippen molar-refractivity contribution in [3.8, 4) is 16.9 Å². The molecule has 5 heteroatoms. The van der Waals surface area contributed by atoms with Crippen molar-refractivity contribution in [2.45, 2.75) is 19.9 Å². The second kappa shape index (κ2) is 9.09. The molecule has 5 nitrogen and oxygen atoms in total. The van der Waals surface area contributed by atoms with E-state index < -0.39 is 0 Å². The topological polar surface area (TPSA) is 60.5 Å². The summed E-state index contributed by atoms with van der Waals surface area (Å²) in [5, 5.41) is 2.93. The summed E-state index contributed by atoms with van der Waals surface area (Å²) in [6.45, 7) is 4.87. The fourth-order valence-electron chi connectivity index (χ4n) is 3.26. The van der Waals surface area contributed by atoms with Crippen LogP contribution in [0, 0.1) is 5.41 Å². The van der Waals surface area contributed by atoms with Gasteiger partial charge in [0.2, 0.25) is 5.91 Å². The highest BCUT2D eigenvalue weighted by Gasteiger charge is 2.34. The third-order valence-electron chi connectivity index (χ3n) is 5.17. The lowest BCUT2D eigenvalue weighted by atomic mass is 9.90. The number of carbonyl (C=O) groups excluding carboxylic acids is 1. The maximum absolute atomic E-state index is 12.2. The first-order chi connectivity index (χ1) is 14.6. The van der Waals surface area contributed by atoms with Crippen LogP contribution < -0.4 is 10.1 Å². The number of hydrogen-bond donors (Lipinski definition) is 1. The van der Waals surface area contributed by atoms with Crippen LogP contribution in [0.2, 0.25) is 0 Å². The van der Waals surface area contributed by atoms with E-state index in [9.17, 15) is 4.79 Å². The van der Waals surface area contributed by atoms with Crippen LogP contribution in [0.4, 0.5) is 0 Å². The molecule has 154 valence electrons. The second-order valence-corrected chi connectivity index (χ2v) is 8.09. The van der Waals surface area contributed by atoms with Gasteiger partial charge in [0.1, 0.15) is 5.75 Å². The standard InChI is InChI=1S/C25H26N2O3/c1-25(16-29-17-25)18-30-23-11-8-20(9-12-23)21-7-10-22(26-15-21)13-24(28)27-14-19-5-3-2-4-6-19/h2-12,15H,13-14,16-18H2,1H3,(H,27,28). The Balaban J connectivity index is 1.29. The van der Waals surface area contributed by atoms with Crippen LogP contribution in [0.5, 0.6) is 5.75 Å². The summed E-state index contributed by atoms with van der Waals surface area (Å²) in [6, 6.07) is 21.8. The highest BCUT2D eigenvalue weighted by atomic mass is 16.5. The van der Waals surface area contributed by atoms with E-state index in [2.05, 4.69) is 17.2 Å². The van der Waals surface area contributed by atoms with E-state index in [1.165, 1.54) is 0 Å². The predicted octanol–water partition coefficient (Wildman–Crippen LogP) is 4.02. The van der Waals surface area contributed by atoms with Gasteiger partial charge in [-0.2, -0.15) is 0 Å². The van der Waals surface area contributed by atoms with E-state index in [0.29, 0.717) is 13.2 Å². The van der Waals surface area contributed by atoms with Gasteiger partial charge in [0, 0.05) is 29.4 Å². The van der Waals surface area contributed by atoms with Gasteiger partial charge in [0.25, 0.3) is 0 Å². The molecule has 30 heavy (non-hydrogen) atoms. The number of pyridine rings is 1. The molecule has 1 N–H and O–H groups in total. The molecule has 1 saturated heterocycles. The zero-order valence-electron chi connectivity index (χ0n) is 17.1. The van der Waals surface area contributed by atoms with Gasteiger partial charge in [-0.1, -0.05) is 55.5 Å². The minimum atomic E-state index is -0.0360. The van der Waals surface area contributed by atoms with Crippen LogP contribution in [0.25, 0.3) is 11.1 Å². The minimum absolute atomic E-state index is 0.0360. The zero-order chi connectivity index (χ0) is 20.8. The number of nitrogens with zero attached hydrogens (tertiary/aromatic N) is 1. The van der Waals surface area contributed by atoms with Crippen LogP contribution in [-0.2, 0) is 22.5 Å². The van der Waals surface area contributed by atoms with Crippen LogP contribution in [-0.4, -0.2) is 30.7 Å². The summed E-state index contributed by atoms with van der Waals surface area (Å²) in [4.78, 5) is 16.6. The molecule has 1 aliphatic rings. The molecule has 2 aromatic carbocycles. The van der Waals surface area contributed by atoms with Crippen molar-refractivity contribution < 1.29 is 14.3 Å². The van der Waals surface area contributed by atoms with Crippen molar-refractivity contribution in [1.82, 2.24) is 10.3 Å². The van der Waals surface area contributed by atoms with Crippen molar-refractivity contribution in [1.29, 1.82) is 0 Å². The molecule has 0 spiro atoms. The summed E-state index contributed by atoms with van der Waals surface area (Å²) < 4.78 is 11.1. The Morgan fingerprint density at radius 1 is 1.03 bits per heavy atom. The molecule has 0 saturated carbocycles. The van der Waals surface area contributed by atoms with E-state index in [0.717, 1.165) is 41.3 Å². The van der Waals surface area contributed by atoms with Gasteiger partial charge in [-0.15, -0.1) is 0 Å². The summed E-state index contributed by atoms with van der Waals surface area (Å²) in [7, 11) is 0. The van der Waals surface area contributed by atoms with Crippen LogP contribution >= 0.6 is 0 Å². The Morgan fingerprint density at radius 2 is 1.77 bits per heavy atom. The SMILES string of the molecule is CC1(COc2ccc(-c3ccc(CC(=O)NCc4ccccc4)nc3)cc2)COC1. The molecule has 2 heterocycles. The Labute approximate surface area is 177 Å². The van der Waals surface area contributed by atoms with Gasteiger partial charge in [-0.25, -0.2) is 0 Å². The Kier molecular flexibility index (Phi) is 6.10. The van der Waals surface area contributed by atoms with Gasteiger partial charge in [-0.3, -0.25) is 9.78 Å². The number of amides is 1. The second-order valence-electron chi connectivity index (χ2n) is 8.09. The lowest BCUT2D eigenvalue weighted by molar-refractivity contribution is -0.120. The number of hydrogen-bond acceptors (Lipinski definition) is 4. The van der Waals surface area contributed by atoms with Crippen molar-refractivity contribution in [2.24, 2.45) is 5.41 Å². The number of aromatic nitrogens is 1. The number of ether oxygens (including phenoxy) is 2. The highest BCUT2D eigenvalue weighted by molar-refractivity contribution is 5.78. The van der Waals surface area contributed by atoms with Gasteiger partial charge in [0.05, 0.1) is 26.2 Å². The fraction of sp³-hybridized carbons (Fsp3) is 0.280. The van der Waals surface area contributed by atoms with E-state index >= 15 is 0 Å². The average Bonchev–Trinajstić information content (AvgIpc) is 2.77. The number of rotatable bonds is 8. The normalized spacial score (nSPS) is 14.6. The molecule has 0 aliphatic carbocycles. The van der Waals surface area contributed by atoms with Gasteiger partial charge in [0.15, 0.2) is 0 Å². The monoisotopic (exact) mass is 402 g/mol. The zero-order valence-corrected chi connectivity index (χ0v) is 17.1. The van der Waals surface area contributed by atoms with Gasteiger partial charge in [-0.05, 0) is 29.3 Å². The van der Waals surface area contributed by atoms with Gasteiger partial charge >= 0.3 is 0 Å². The molecule has 0 bridgehead atoms. The molecule has 0 atom stereocenters. The Hall–Kier alpha value is -3.18. The van der Waals surface area contributed by atoms with E-state index in [-0.39, 0.29) is 17.7 Å². The highest BCUT2D eigenvalue weighted by Crippen LogP contribution is 2.28. The molecule has 4 rings (SSSR count). The number of carbonyl (C=O) groups is 1. The van der Waals surface area contributed by atoms with Crippen LogP contribution in [0.1, 0.15) is 18.2 Å². The third-order valence-corrected chi connectivity index (χ3v) is 5.17. The summed E-state index contributed by atoms with van der Waals surface area (Å²) in [5.41, 5.74) is 4.03. The maximum atomic E-state index is 12.2. The maximum Gasteiger partial charge on any atom is 0.226 e. The number of benzene rings is 2. The molecule has 1 aromatic heterocycles. The molecular weight excluding hydrogens is 376 g/mol. The predicted molar refractivity (Wildman–Crippen MR) is 116 cm³/mol. The van der Waals surface area contributed by atoms with Crippen molar-refractivity contribution in [3.63, 3.8) is 0 Å². The minimum Gasteiger partial charge on any atom is -0.493 e. The van der Waals surface area contributed by atoms with Crippen LogP contribution in [0.3, 0.4) is 0 Å². The van der Waals surface area contributed by atoms with Crippen molar-refractivity contribution >= 4 is 5.91 Å². The first-order valence-corrected chi connectivity index (χ1v) is 10.2. The summed E-state index contributed by atoms with van der Waals surface area (Å²) in [6.07, 6.45) is 2.07. The largest absolute Gasteiger partial charge is 0.493 e. The van der Waals surface area contributed by atoms with Gasteiger partial charge < -0.3 is 14.8 Å². The Bertz CT molecular complexity index is 966. The quantitative estimate of drug-likeness (QED) is 0.618. The van der Waals surface area contributed by atoms with Crippen molar-refractivity contribution in [2.75, 3.05) is 19.8 Å².